The minimum atomic E-state index is -2.95. The molecule has 0 saturated heterocycles. The molecule has 1 fully saturated rings. The van der Waals surface area contributed by atoms with Gasteiger partial charge in [0, 0.05) is 12.0 Å². The molecule has 0 bridgehead atoms. The molecule has 8 heteroatoms. The zero-order valence-corrected chi connectivity index (χ0v) is 15.2. The van der Waals surface area contributed by atoms with E-state index in [0.29, 0.717) is 33.7 Å². The van der Waals surface area contributed by atoms with Crippen molar-refractivity contribution in [3.8, 4) is 11.5 Å². The van der Waals surface area contributed by atoms with Gasteiger partial charge in [-0.2, -0.15) is 8.78 Å². The fraction of sp³-hybridized carbons (Fsp3) is 0.389. The maximum absolute atomic E-state index is 12.6. The second-order valence-corrected chi connectivity index (χ2v) is 7.00. The van der Waals surface area contributed by atoms with Gasteiger partial charge in [-0.1, -0.05) is 29.3 Å². The number of halogens is 4. The molecule has 1 aliphatic rings. The van der Waals surface area contributed by atoms with Crippen LogP contribution in [0.25, 0.3) is 0 Å². The van der Waals surface area contributed by atoms with Gasteiger partial charge < -0.3 is 14.6 Å². The monoisotopic (exact) mass is 404 g/mol. The third-order valence-electron chi connectivity index (χ3n) is 4.13. The standard InChI is InChI=1S/C18H17Cl2F2NO3/c19-13-7-23-8-14(20)12(13)6-15(24)11-3-4-16(26-18(21)22)17(5-11)25-9-10-1-2-10/h3-5,7-8,10,15,18,24H,1-2,6,9H2/p+1/t15-/m0/s1. The lowest BCUT2D eigenvalue weighted by Crippen LogP contribution is -2.09. The molecule has 3 rings (SSSR count). The Labute approximate surface area is 159 Å². The van der Waals surface area contributed by atoms with E-state index in [1.54, 1.807) is 12.4 Å². The van der Waals surface area contributed by atoms with Gasteiger partial charge in [0.05, 0.1) is 12.7 Å². The van der Waals surface area contributed by atoms with Gasteiger partial charge >= 0.3 is 6.61 Å². The molecule has 1 saturated carbocycles. The second-order valence-electron chi connectivity index (χ2n) is 6.19. The Morgan fingerprint density at radius 2 is 1.85 bits per heavy atom. The maximum atomic E-state index is 12.6. The van der Waals surface area contributed by atoms with E-state index in [-0.39, 0.29) is 17.9 Å². The van der Waals surface area contributed by atoms with Crippen LogP contribution >= 0.6 is 23.2 Å². The number of hydrogen-bond donors (Lipinski definition) is 1. The van der Waals surface area contributed by atoms with Crippen molar-refractivity contribution in [2.24, 2.45) is 5.92 Å². The van der Waals surface area contributed by atoms with Crippen molar-refractivity contribution in [3.05, 3.63) is 51.8 Å². The van der Waals surface area contributed by atoms with Crippen LogP contribution in [0.5, 0.6) is 11.5 Å². The molecule has 1 aromatic carbocycles. The van der Waals surface area contributed by atoms with Crippen LogP contribution in [0, 0.1) is 5.92 Å². The first-order chi connectivity index (χ1) is 12.4. The van der Waals surface area contributed by atoms with Crippen molar-refractivity contribution in [2.75, 3.05) is 6.61 Å². The predicted molar refractivity (Wildman–Crippen MR) is 93.0 cm³/mol. The third kappa shape index (κ3) is 4.96. The minimum Gasteiger partial charge on any atom is -0.489 e. The Morgan fingerprint density at radius 1 is 1.15 bits per heavy atom. The van der Waals surface area contributed by atoms with Crippen LogP contribution in [-0.4, -0.2) is 18.3 Å². The molecular weight excluding hydrogens is 387 g/mol. The topological polar surface area (TPSA) is 52.8 Å². The number of benzene rings is 1. The summed E-state index contributed by atoms with van der Waals surface area (Å²) < 4.78 is 35.3. The Bertz CT molecular complexity index is 752. The van der Waals surface area contributed by atoms with Gasteiger partial charge in [-0.15, -0.1) is 0 Å². The van der Waals surface area contributed by atoms with Crippen molar-refractivity contribution in [1.82, 2.24) is 0 Å². The van der Waals surface area contributed by atoms with Gasteiger partial charge in [0.2, 0.25) is 0 Å². The number of H-pyrrole nitrogens is 1. The molecule has 2 N–H and O–H groups in total. The first-order valence-electron chi connectivity index (χ1n) is 8.17. The molecular formula is C18H18Cl2F2NO3+. The SMILES string of the molecule is O[C@@H](Cc1c(Cl)c[nH+]cc1Cl)c1ccc(OC(F)F)c(OCC2CC2)c1. The first-order valence-corrected chi connectivity index (χ1v) is 8.93. The number of hydrogen-bond acceptors (Lipinski definition) is 3. The lowest BCUT2D eigenvalue weighted by atomic mass is 10.0. The number of aromatic nitrogens is 1. The van der Waals surface area contributed by atoms with E-state index in [4.69, 9.17) is 27.9 Å². The highest BCUT2D eigenvalue weighted by atomic mass is 35.5. The molecule has 1 aromatic heterocycles. The summed E-state index contributed by atoms with van der Waals surface area (Å²) in [5, 5.41) is 11.3. The summed E-state index contributed by atoms with van der Waals surface area (Å²) in [5.74, 6) is 0.579. The Morgan fingerprint density at radius 3 is 2.46 bits per heavy atom. The van der Waals surface area contributed by atoms with Crippen LogP contribution in [0.4, 0.5) is 8.78 Å². The summed E-state index contributed by atoms with van der Waals surface area (Å²) in [4.78, 5) is 2.80. The number of aliphatic hydroxyl groups is 1. The molecule has 0 amide bonds. The molecule has 1 atom stereocenters. The van der Waals surface area contributed by atoms with E-state index < -0.39 is 12.7 Å². The molecule has 0 unspecified atom stereocenters. The quantitative estimate of drug-likeness (QED) is 0.705. The highest BCUT2D eigenvalue weighted by Crippen LogP contribution is 2.36. The van der Waals surface area contributed by atoms with Crippen LogP contribution < -0.4 is 14.5 Å². The number of aromatic amines is 1. The summed E-state index contributed by atoms with van der Waals surface area (Å²) >= 11 is 12.2. The number of nitrogens with one attached hydrogen (secondary N) is 1. The molecule has 0 radical (unpaired) electrons. The van der Waals surface area contributed by atoms with Crippen LogP contribution in [-0.2, 0) is 6.42 Å². The molecule has 0 aliphatic heterocycles. The van der Waals surface area contributed by atoms with E-state index in [1.165, 1.54) is 18.2 Å². The van der Waals surface area contributed by atoms with Gasteiger partial charge in [0.25, 0.3) is 0 Å². The number of pyridine rings is 1. The Balaban J connectivity index is 1.80. The van der Waals surface area contributed by atoms with E-state index in [9.17, 15) is 13.9 Å². The molecule has 140 valence electrons. The largest absolute Gasteiger partial charge is 0.489 e. The van der Waals surface area contributed by atoms with Gasteiger partial charge in [-0.3, -0.25) is 0 Å². The Kier molecular flexibility index (Phi) is 6.16. The van der Waals surface area contributed by atoms with E-state index in [0.717, 1.165) is 12.8 Å². The lowest BCUT2D eigenvalue weighted by Gasteiger charge is -2.17. The molecule has 2 aromatic rings. The predicted octanol–water partition coefficient (Wildman–Crippen LogP) is 4.47. The van der Waals surface area contributed by atoms with Gasteiger partial charge in [-0.25, -0.2) is 4.98 Å². The van der Waals surface area contributed by atoms with Gasteiger partial charge in [-0.05, 0) is 36.5 Å². The van der Waals surface area contributed by atoms with Crippen LogP contribution in [0.3, 0.4) is 0 Å². The zero-order chi connectivity index (χ0) is 18.7. The molecule has 1 aliphatic carbocycles. The van der Waals surface area contributed by atoms with E-state index >= 15 is 0 Å². The number of aliphatic hydroxyl groups excluding tert-OH is 1. The van der Waals surface area contributed by atoms with Gasteiger partial charge in [0.1, 0.15) is 10.0 Å². The first kappa shape index (κ1) is 19.1. The van der Waals surface area contributed by atoms with Crippen molar-refractivity contribution < 1.29 is 28.3 Å². The van der Waals surface area contributed by atoms with Crippen molar-refractivity contribution in [2.45, 2.75) is 32.0 Å². The summed E-state index contributed by atoms with van der Waals surface area (Å²) in [6.07, 6.45) is 4.50. The van der Waals surface area contributed by atoms with Crippen molar-refractivity contribution in [3.63, 3.8) is 0 Å². The van der Waals surface area contributed by atoms with E-state index in [2.05, 4.69) is 9.72 Å². The average molecular weight is 405 g/mol. The number of ether oxygens (including phenoxy) is 2. The summed E-state index contributed by atoms with van der Waals surface area (Å²) in [7, 11) is 0. The third-order valence-corrected chi connectivity index (χ3v) is 4.81. The minimum absolute atomic E-state index is 0.0537. The number of alkyl halides is 2. The van der Waals surface area contributed by atoms with Crippen molar-refractivity contribution in [1.29, 1.82) is 0 Å². The summed E-state index contributed by atoms with van der Waals surface area (Å²) in [6.45, 7) is -2.52. The van der Waals surface area contributed by atoms with Crippen LogP contribution in [0.1, 0.15) is 30.1 Å². The van der Waals surface area contributed by atoms with Crippen molar-refractivity contribution >= 4 is 23.2 Å². The van der Waals surface area contributed by atoms with Crippen LogP contribution in [0.15, 0.2) is 30.6 Å². The Hall–Kier alpha value is -1.63. The zero-order valence-electron chi connectivity index (χ0n) is 13.7. The average Bonchev–Trinajstić information content (AvgIpc) is 3.41. The lowest BCUT2D eigenvalue weighted by molar-refractivity contribution is -0.377. The van der Waals surface area contributed by atoms with Crippen LogP contribution in [0.2, 0.25) is 10.0 Å². The fourth-order valence-electron chi connectivity index (χ4n) is 2.51. The summed E-state index contributed by atoms with van der Waals surface area (Å²) in [6, 6.07) is 4.40. The smallest absolute Gasteiger partial charge is 0.387 e. The maximum Gasteiger partial charge on any atom is 0.387 e. The highest BCUT2D eigenvalue weighted by molar-refractivity contribution is 6.35. The molecule has 4 nitrogen and oxygen atoms in total. The second kappa shape index (κ2) is 8.37. The molecule has 1 heterocycles. The van der Waals surface area contributed by atoms with E-state index in [1.807, 2.05) is 0 Å². The van der Waals surface area contributed by atoms with Gasteiger partial charge in [0.15, 0.2) is 23.9 Å². The molecule has 0 spiro atoms. The number of rotatable bonds is 8. The highest BCUT2D eigenvalue weighted by Gasteiger charge is 2.24. The normalized spacial score (nSPS) is 15.2. The summed E-state index contributed by atoms with van der Waals surface area (Å²) in [5.41, 5.74) is 1.09. The molecule has 26 heavy (non-hydrogen) atoms. The fourth-order valence-corrected chi connectivity index (χ4v) is 3.04.